The maximum absolute atomic E-state index is 14.0. The molecule has 0 fully saturated rings. The number of methoxy groups -OCH3 is 7. The Morgan fingerprint density at radius 3 is 1.00 bits per heavy atom. The quantitative estimate of drug-likeness (QED) is 0.00396. The smallest absolute Gasteiger partial charge is 0.870 e. The summed E-state index contributed by atoms with van der Waals surface area (Å²) in [5, 5.41) is 26.7. The van der Waals surface area contributed by atoms with E-state index in [0.29, 0.717) is 196 Å². The Morgan fingerprint density at radius 1 is 0.392 bits per heavy atom. The second kappa shape index (κ2) is 62.8. The number of amides is 3. The monoisotopic (exact) mass is 2280 g/mol. The number of alkyl halides is 11. The molecule has 3 aliphatic heterocycles. The summed E-state index contributed by atoms with van der Waals surface area (Å²) >= 11 is 24.7. The third-order valence-electron chi connectivity index (χ3n) is 21.4. The number of aromatic hydroxyl groups is 1. The Kier molecular flexibility index (Phi) is 53.5. The van der Waals surface area contributed by atoms with Gasteiger partial charge in [-0.2, -0.15) is 0 Å². The zero-order valence-corrected chi connectivity index (χ0v) is 88.6. The van der Waals surface area contributed by atoms with Crippen LogP contribution in [0, 0.1) is 0 Å². The maximum Gasteiger partial charge on any atom is 1.00 e. The van der Waals surface area contributed by atoms with Crippen LogP contribution in [0.15, 0.2) is 200 Å². The third-order valence-corrected chi connectivity index (χ3v) is 23.6. The molecule has 13 rings (SSSR count). The van der Waals surface area contributed by atoms with Crippen LogP contribution in [0.5, 0.6) is 63.2 Å². The second-order valence-corrected chi connectivity index (χ2v) is 34.8. The molecule has 0 saturated heterocycles. The summed E-state index contributed by atoms with van der Waals surface area (Å²) in [5.41, 5.74) is 18.5. The van der Waals surface area contributed by atoms with E-state index in [1.165, 1.54) is 118 Å². The van der Waals surface area contributed by atoms with Gasteiger partial charge in [-0.3, -0.25) is 33.6 Å². The largest absolute Gasteiger partial charge is 1.00 e. The predicted octanol–water partition coefficient (Wildman–Crippen LogP) is 21.3. The van der Waals surface area contributed by atoms with Crippen LogP contribution in [0.3, 0.4) is 0 Å². The van der Waals surface area contributed by atoms with Gasteiger partial charge >= 0.3 is 72.5 Å². The number of carbonyl (C=O) groups excluding carboxylic acids is 6. The van der Waals surface area contributed by atoms with Crippen LogP contribution < -0.4 is 114 Å². The molecule has 0 bridgehead atoms. The van der Waals surface area contributed by atoms with Crippen LogP contribution in [0.4, 0.5) is 79.3 Å². The number of nitrogen functional groups attached to an aromatic ring is 2. The van der Waals surface area contributed by atoms with Crippen LogP contribution in [0.2, 0.25) is 15.1 Å². The summed E-state index contributed by atoms with van der Waals surface area (Å²) in [6.07, 6.45) is -5.98. The van der Waals surface area contributed by atoms with E-state index in [-0.39, 0.29) is 113 Å². The van der Waals surface area contributed by atoms with Gasteiger partial charge in [-0.15, -0.1) is 39.5 Å². The molecule has 3 aliphatic rings. The first kappa shape index (κ1) is 126. The number of phenolic OH excluding ortho intramolecular Hbond substituents is 1. The van der Waals surface area contributed by atoms with Crippen molar-refractivity contribution in [2.75, 3.05) is 131 Å². The van der Waals surface area contributed by atoms with Gasteiger partial charge < -0.3 is 114 Å². The number of hydrogen-bond donors (Lipinski definition) is 6. The number of phenols is 1. The first-order valence-corrected chi connectivity index (χ1v) is 48.0. The number of ether oxygens (including phenoxy) is 13. The first-order chi connectivity index (χ1) is 69.0. The maximum atomic E-state index is 14.0. The number of benzene rings is 10. The number of carbonyl (C=O) groups is 7. The second-order valence-electron chi connectivity index (χ2n) is 31.8. The normalized spacial score (nSPS) is 12.4. The van der Waals surface area contributed by atoms with Gasteiger partial charge in [-0.25, -0.2) is 0 Å². The van der Waals surface area contributed by atoms with E-state index in [9.17, 15) is 73.1 Å². The predicted molar refractivity (Wildman–Crippen MR) is 551 cm³/mol. The van der Waals surface area contributed by atoms with Crippen molar-refractivity contribution >= 4 is 148 Å². The van der Waals surface area contributed by atoms with Crippen LogP contribution >= 0.6 is 66.7 Å². The van der Waals surface area contributed by atoms with Crippen molar-refractivity contribution in [3.05, 3.63) is 249 Å². The SMILES string of the molecule is C.COC(=O)CCCCBr.COC(=O)CCCCOc1cc(N)cc(OC)c1.COC(=O)CCCCOc1cc(NC(C(=O)N2CCc3ccc(OC(F)(F)F)cc32)c2ccc(Cl)cc2)cc(OC)c1.COc1cc(N)cc(O)c1.COc1cc(NC(C(=O)N2CCc3ccc(OC(F)(F)F)cc32)c2ccc(Cl)cc2)cc(OCCCCC(=O)O)c1.O=C(C(Br)c1ccc(Cl)cc1)N1CCc2ccc(OC(F)(F)F)cc21.[HH].[HH].[Na+].[OH-]. The molecule has 0 spiro atoms. The number of esters is 3. The minimum Gasteiger partial charge on any atom is -0.870 e. The average molecular weight is 2280 g/mol. The molecule has 10 aromatic carbocycles. The Balaban J connectivity index is 0.000000494. The van der Waals surface area contributed by atoms with Crippen molar-refractivity contribution in [3.8, 4) is 63.2 Å². The number of carboxylic acid groups (broad SMARTS) is 1. The van der Waals surface area contributed by atoms with Gasteiger partial charge in [0.15, 0.2) is 0 Å². The molecule has 9 N–H and O–H groups in total. The number of hydrogen-bond acceptors (Lipinski definition) is 26. The molecule has 0 radical (unpaired) electrons. The van der Waals surface area contributed by atoms with Crippen molar-refractivity contribution in [3.63, 3.8) is 0 Å². The molecule has 802 valence electrons. The van der Waals surface area contributed by atoms with Crippen LogP contribution in [-0.4, -0.2) is 171 Å². The summed E-state index contributed by atoms with van der Waals surface area (Å²) in [6, 6.07) is 50.3. The zero-order chi connectivity index (χ0) is 106. The molecular formula is C103H118Br2Cl3F9N7NaO23. The fraction of sp³-hybridized carbons (Fsp3) is 0.350. The number of aliphatic carboxylic acids is 1. The molecule has 3 amide bonds. The number of nitrogens with two attached hydrogens (primary N) is 2. The van der Waals surface area contributed by atoms with E-state index in [0.717, 1.165) is 47.7 Å². The van der Waals surface area contributed by atoms with E-state index in [2.05, 4.69) is 70.9 Å². The molecule has 3 heterocycles. The fourth-order valence-electron chi connectivity index (χ4n) is 14.4. The van der Waals surface area contributed by atoms with E-state index >= 15 is 0 Å². The Labute approximate surface area is 907 Å². The van der Waals surface area contributed by atoms with E-state index < -0.39 is 59.4 Å². The molecule has 0 saturated carbocycles. The molecule has 45 heteroatoms. The number of halogens is 14. The summed E-state index contributed by atoms with van der Waals surface area (Å²) in [4.78, 5) is 87.9. The number of rotatable bonds is 39. The third kappa shape index (κ3) is 43.1. The van der Waals surface area contributed by atoms with Crippen molar-refractivity contribution < 1.29 is 183 Å². The first-order valence-electron chi connectivity index (χ1n) is 44.9. The Hall–Kier alpha value is -12.4. The summed E-state index contributed by atoms with van der Waals surface area (Å²) in [5.74, 6) is 0.231. The molecule has 0 aromatic heterocycles. The van der Waals surface area contributed by atoms with E-state index in [1.807, 2.05) is 0 Å². The topological polar surface area (TPSA) is 396 Å². The van der Waals surface area contributed by atoms with Crippen molar-refractivity contribution in [2.24, 2.45) is 0 Å². The molecular weight excluding hydrogens is 2160 g/mol. The number of unbranched alkanes of at least 4 members (excludes halogenated alkanes) is 4. The molecule has 0 aliphatic carbocycles. The van der Waals surface area contributed by atoms with E-state index in [1.54, 1.807) is 147 Å². The zero-order valence-electron chi connectivity index (χ0n) is 81.1. The number of nitrogens with zero attached hydrogens (tertiary/aromatic N) is 3. The number of carboxylic acids is 1. The Morgan fingerprint density at radius 2 is 0.682 bits per heavy atom. The number of anilines is 7. The summed E-state index contributed by atoms with van der Waals surface area (Å²) < 4.78 is 178. The minimum absolute atomic E-state index is 0. The minimum atomic E-state index is -4.86. The Bertz CT molecular complexity index is 5920. The van der Waals surface area contributed by atoms with Crippen molar-refractivity contribution in [1.82, 2.24) is 0 Å². The van der Waals surface area contributed by atoms with Crippen molar-refractivity contribution in [2.45, 2.75) is 140 Å². The number of fused-ring (bicyclic) bond motifs is 3. The number of nitrogens with one attached hydrogen (secondary N) is 2. The standard InChI is InChI=1S/C30H30ClF3N2O6.C29H28ClF3N2O6.C17H12BrClF3NO2.C13H19NO4.C7H9NO2.C6H11BrO2.CH4.Na.H2O.2H2/c1-39-24-15-22(16-25(17-24)41-14-4-3-5-27(37)40-2)35-28(20-6-9-21(31)10-7-20)29(38)36-13-12-19-8-11-23(18-26(19)36)42-30(32,33)34;1-39-23-14-21(15-24(16-23)40-13-3-2-4-26(36)37)34-27(19-5-8-20(30)9-6-19)28(38)35-12-11-18-7-10-22(17-25(18)35)41-29(31,32)33;18-15(11-1-4-12(19)5-2-11)16(24)23-8-7-10-3-6-13(9-14(10)23)25-17(20,21)22;1-16-11-7-10(14)8-12(9-11)18-6-4-3-5-13(15)17-2;1-10-7-3-5(8)2-6(9)4-7;1-9-6(8)4-2-3-5-7;;;;;/h6-11,15-18,28,35H,3-5,12-14H2,1-2H3;5-10,14-17,27,34H,2-4,11-13H2,1H3,(H,36,37);1-6,9,15H,7-8H2;7-9H,3-6,14H2,1-2H3;2-4,9H,8H2,1H3;2-5H2,1H3;1H4;;1H2;2*1H/q;;;;;;;+1;;;/p-1. The van der Waals surface area contributed by atoms with Crippen LogP contribution in [0.1, 0.15) is 138 Å². The van der Waals surface area contributed by atoms with Gasteiger partial charge in [-0.05, 0) is 159 Å². The molecule has 10 aromatic rings. The molecule has 3 unspecified atom stereocenters. The fourth-order valence-corrected chi connectivity index (χ4v) is 15.7. The van der Waals surface area contributed by atoms with Crippen LogP contribution in [-0.2, 0) is 67.0 Å². The van der Waals surface area contributed by atoms with Gasteiger partial charge in [0.2, 0.25) is 5.91 Å². The van der Waals surface area contributed by atoms with Gasteiger partial charge in [0.1, 0.15) is 80.2 Å². The molecule has 30 nitrogen and oxygen atoms in total. The summed E-state index contributed by atoms with van der Waals surface area (Å²) in [7, 11) is 10.2. The summed E-state index contributed by atoms with van der Waals surface area (Å²) in [6.45, 7) is 2.12. The van der Waals surface area contributed by atoms with E-state index in [4.69, 9.17) is 89.6 Å². The molecule has 148 heavy (non-hydrogen) atoms. The van der Waals surface area contributed by atoms with Gasteiger partial charge in [0.05, 0.1) is 86.7 Å². The average Bonchev–Trinajstić information content (AvgIpc) is 1.61. The van der Waals surface area contributed by atoms with Gasteiger partial charge in [0.25, 0.3) is 11.8 Å². The molecule has 3 atom stereocenters. The van der Waals surface area contributed by atoms with Gasteiger partial charge in [-0.1, -0.05) is 129 Å². The van der Waals surface area contributed by atoms with Crippen LogP contribution in [0.25, 0.3) is 0 Å². The van der Waals surface area contributed by atoms with Crippen molar-refractivity contribution in [1.29, 1.82) is 0 Å². The van der Waals surface area contributed by atoms with Gasteiger partial charge in [0, 0.05) is 182 Å².